The Bertz CT molecular complexity index is 820. The van der Waals surface area contributed by atoms with E-state index in [-0.39, 0.29) is 17.3 Å². The molecule has 0 unspecified atom stereocenters. The standard InChI is InChI=1S/C18H19NO8S/c1-3-25-12-7-5-6-11(16(12)27-10-14(20)21)8-13-17(23)19(18(24)28-13)9-15(22)26-4-2/h5-8H,3-4,9-10H2,1-2H3,(H,20,21). The lowest BCUT2D eigenvalue weighted by Gasteiger charge is -2.13. The Morgan fingerprint density at radius 1 is 1.18 bits per heavy atom. The molecular formula is C18H19NO8S. The minimum atomic E-state index is -1.17. The van der Waals surface area contributed by atoms with Gasteiger partial charge in [-0.2, -0.15) is 0 Å². The molecule has 10 heteroatoms. The number of amides is 2. The number of imide groups is 1. The number of benzene rings is 1. The number of para-hydroxylation sites is 1. The monoisotopic (exact) mass is 409 g/mol. The predicted molar refractivity (Wildman–Crippen MR) is 100 cm³/mol. The van der Waals surface area contributed by atoms with Gasteiger partial charge < -0.3 is 19.3 Å². The molecule has 1 aliphatic heterocycles. The van der Waals surface area contributed by atoms with Crippen LogP contribution in [0.1, 0.15) is 19.4 Å². The fourth-order valence-corrected chi connectivity index (χ4v) is 3.15. The van der Waals surface area contributed by atoms with Crippen LogP contribution in [0.25, 0.3) is 6.08 Å². The number of carbonyl (C=O) groups is 4. The average molecular weight is 409 g/mol. The highest BCUT2D eigenvalue weighted by Crippen LogP contribution is 2.37. The second-order valence-electron chi connectivity index (χ2n) is 5.36. The lowest BCUT2D eigenvalue weighted by Crippen LogP contribution is -2.34. The van der Waals surface area contributed by atoms with E-state index in [0.717, 1.165) is 4.90 Å². The van der Waals surface area contributed by atoms with Gasteiger partial charge in [0.05, 0.1) is 18.1 Å². The van der Waals surface area contributed by atoms with Crippen LogP contribution >= 0.6 is 11.8 Å². The SMILES string of the molecule is CCOC(=O)CN1C(=O)SC(=Cc2cccc(OCC)c2OCC(=O)O)C1=O. The summed E-state index contributed by atoms with van der Waals surface area (Å²) in [5.41, 5.74) is 0.369. The van der Waals surface area contributed by atoms with E-state index >= 15 is 0 Å². The van der Waals surface area contributed by atoms with Gasteiger partial charge in [-0.15, -0.1) is 0 Å². The van der Waals surface area contributed by atoms with Crippen molar-refractivity contribution in [3.63, 3.8) is 0 Å². The number of hydrogen-bond donors (Lipinski definition) is 1. The molecule has 1 saturated heterocycles. The zero-order valence-corrected chi connectivity index (χ0v) is 16.1. The van der Waals surface area contributed by atoms with Crippen molar-refractivity contribution in [2.75, 3.05) is 26.4 Å². The molecule has 2 rings (SSSR count). The van der Waals surface area contributed by atoms with Crippen LogP contribution in [-0.2, 0) is 19.1 Å². The number of ether oxygens (including phenoxy) is 3. The van der Waals surface area contributed by atoms with Crippen LogP contribution in [0.2, 0.25) is 0 Å². The number of esters is 1. The molecular weight excluding hydrogens is 390 g/mol. The summed E-state index contributed by atoms with van der Waals surface area (Å²) in [4.78, 5) is 47.9. The molecule has 0 aliphatic carbocycles. The average Bonchev–Trinajstić information content (AvgIpc) is 2.89. The van der Waals surface area contributed by atoms with Crippen molar-refractivity contribution >= 4 is 40.9 Å². The number of hydrogen-bond acceptors (Lipinski definition) is 8. The van der Waals surface area contributed by atoms with E-state index in [2.05, 4.69) is 0 Å². The molecule has 0 radical (unpaired) electrons. The van der Waals surface area contributed by atoms with E-state index in [0.29, 0.717) is 29.7 Å². The first-order valence-electron chi connectivity index (χ1n) is 8.38. The van der Waals surface area contributed by atoms with E-state index < -0.39 is 36.2 Å². The third kappa shape index (κ3) is 5.26. The first-order valence-corrected chi connectivity index (χ1v) is 9.20. The molecule has 2 amide bonds. The molecule has 0 bridgehead atoms. The molecule has 0 atom stereocenters. The van der Waals surface area contributed by atoms with Gasteiger partial charge in [0.2, 0.25) is 0 Å². The zero-order valence-electron chi connectivity index (χ0n) is 15.3. The van der Waals surface area contributed by atoms with Gasteiger partial charge in [0.25, 0.3) is 11.1 Å². The summed E-state index contributed by atoms with van der Waals surface area (Å²) in [7, 11) is 0. The van der Waals surface area contributed by atoms with Crippen molar-refractivity contribution in [1.29, 1.82) is 0 Å². The molecule has 0 saturated carbocycles. The van der Waals surface area contributed by atoms with Crippen LogP contribution in [0.5, 0.6) is 11.5 Å². The number of aliphatic carboxylic acids is 1. The lowest BCUT2D eigenvalue weighted by atomic mass is 10.1. The number of nitrogens with zero attached hydrogens (tertiary/aromatic N) is 1. The van der Waals surface area contributed by atoms with Gasteiger partial charge in [-0.25, -0.2) is 4.79 Å². The van der Waals surface area contributed by atoms with E-state index in [1.165, 1.54) is 6.08 Å². The van der Waals surface area contributed by atoms with Crippen LogP contribution in [0.3, 0.4) is 0 Å². The Morgan fingerprint density at radius 2 is 1.93 bits per heavy atom. The van der Waals surface area contributed by atoms with E-state index in [1.54, 1.807) is 32.0 Å². The third-order valence-electron chi connectivity index (χ3n) is 3.40. The smallest absolute Gasteiger partial charge is 0.341 e. The maximum Gasteiger partial charge on any atom is 0.341 e. The van der Waals surface area contributed by atoms with Crippen molar-refractivity contribution in [2.45, 2.75) is 13.8 Å². The maximum absolute atomic E-state index is 12.5. The predicted octanol–water partition coefficient (Wildman–Crippen LogP) is 2.15. The fraction of sp³-hybridized carbons (Fsp3) is 0.333. The minimum Gasteiger partial charge on any atom is -0.490 e. The molecule has 1 fully saturated rings. The molecule has 1 aromatic carbocycles. The second kappa shape index (κ2) is 9.79. The van der Waals surface area contributed by atoms with E-state index in [9.17, 15) is 19.2 Å². The van der Waals surface area contributed by atoms with Crippen molar-refractivity contribution in [3.8, 4) is 11.5 Å². The molecule has 9 nitrogen and oxygen atoms in total. The molecule has 0 spiro atoms. The van der Waals surface area contributed by atoms with Crippen molar-refractivity contribution in [1.82, 2.24) is 4.90 Å². The Kier molecular flexibility index (Phi) is 7.44. The summed E-state index contributed by atoms with van der Waals surface area (Å²) in [6.07, 6.45) is 1.40. The van der Waals surface area contributed by atoms with Gasteiger partial charge in [0.15, 0.2) is 18.1 Å². The zero-order chi connectivity index (χ0) is 20.7. The van der Waals surface area contributed by atoms with Crippen LogP contribution in [0.15, 0.2) is 23.1 Å². The largest absolute Gasteiger partial charge is 0.490 e. The first kappa shape index (κ1) is 21.3. The number of carboxylic acids is 1. The molecule has 1 N–H and O–H groups in total. The summed E-state index contributed by atoms with van der Waals surface area (Å²) in [5.74, 6) is -2.05. The fourth-order valence-electron chi connectivity index (χ4n) is 2.32. The van der Waals surface area contributed by atoms with Crippen molar-refractivity contribution in [2.24, 2.45) is 0 Å². The highest BCUT2D eigenvalue weighted by atomic mass is 32.2. The van der Waals surface area contributed by atoms with Gasteiger partial charge in [0.1, 0.15) is 6.54 Å². The number of thioether (sulfide) groups is 1. The second-order valence-corrected chi connectivity index (χ2v) is 6.36. The van der Waals surface area contributed by atoms with Gasteiger partial charge in [0, 0.05) is 5.56 Å². The van der Waals surface area contributed by atoms with Gasteiger partial charge in [-0.3, -0.25) is 19.3 Å². The Hall–Kier alpha value is -3.01. The highest BCUT2D eigenvalue weighted by molar-refractivity contribution is 8.18. The van der Waals surface area contributed by atoms with E-state index in [1.807, 2.05) is 0 Å². The van der Waals surface area contributed by atoms with Gasteiger partial charge in [-0.05, 0) is 37.8 Å². The normalized spacial score (nSPS) is 15.1. The quantitative estimate of drug-likeness (QED) is 0.483. The Balaban J connectivity index is 2.32. The minimum absolute atomic E-state index is 0.0723. The molecule has 0 aromatic heterocycles. The molecule has 1 aliphatic rings. The molecule has 1 heterocycles. The lowest BCUT2D eigenvalue weighted by molar-refractivity contribution is -0.146. The summed E-state index contributed by atoms with van der Waals surface area (Å²) >= 11 is 0.667. The van der Waals surface area contributed by atoms with Gasteiger partial charge in [-0.1, -0.05) is 12.1 Å². The summed E-state index contributed by atoms with van der Waals surface area (Å²) in [6.45, 7) is 2.76. The molecule has 150 valence electrons. The number of rotatable bonds is 9. The first-order chi connectivity index (χ1) is 13.4. The van der Waals surface area contributed by atoms with Crippen LogP contribution in [0, 0.1) is 0 Å². The number of carboxylic acid groups (broad SMARTS) is 1. The topological polar surface area (TPSA) is 119 Å². The van der Waals surface area contributed by atoms with Crippen molar-refractivity contribution < 1.29 is 38.5 Å². The highest BCUT2D eigenvalue weighted by Gasteiger charge is 2.36. The van der Waals surface area contributed by atoms with Crippen LogP contribution < -0.4 is 9.47 Å². The van der Waals surface area contributed by atoms with Crippen LogP contribution in [0.4, 0.5) is 4.79 Å². The summed E-state index contributed by atoms with van der Waals surface area (Å²) < 4.78 is 15.5. The van der Waals surface area contributed by atoms with Gasteiger partial charge >= 0.3 is 11.9 Å². The number of carbonyl (C=O) groups excluding carboxylic acids is 3. The Labute approximate surface area is 165 Å². The molecule has 28 heavy (non-hydrogen) atoms. The maximum atomic E-state index is 12.5. The molecule has 1 aromatic rings. The summed E-state index contributed by atoms with van der Waals surface area (Å²) in [5, 5.41) is 8.28. The van der Waals surface area contributed by atoms with Crippen molar-refractivity contribution in [3.05, 3.63) is 28.7 Å². The third-order valence-corrected chi connectivity index (χ3v) is 4.31. The van der Waals surface area contributed by atoms with Crippen LogP contribution in [-0.4, -0.2) is 59.5 Å². The summed E-state index contributed by atoms with van der Waals surface area (Å²) in [6, 6.07) is 4.84. The van der Waals surface area contributed by atoms with E-state index in [4.69, 9.17) is 19.3 Å². The Morgan fingerprint density at radius 3 is 2.57 bits per heavy atom.